The Balaban J connectivity index is 1.57. The van der Waals surface area contributed by atoms with E-state index in [-0.39, 0.29) is 6.04 Å². The monoisotopic (exact) mass is 283 g/mol. The summed E-state index contributed by atoms with van der Waals surface area (Å²) in [6.45, 7) is 3.69. The van der Waals surface area contributed by atoms with Crippen LogP contribution in [0.15, 0.2) is 39.3 Å². The first kappa shape index (κ1) is 12.6. The van der Waals surface area contributed by atoms with E-state index < -0.39 is 0 Å². The van der Waals surface area contributed by atoms with Crippen molar-refractivity contribution in [2.24, 2.45) is 0 Å². The minimum Gasteiger partial charge on any atom is -0.439 e. The number of para-hydroxylation sites is 2. The normalized spacial score (nSPS) is 19.6. The molecule has 1 aliphatic heterocycles. The van der Waals surface area contributed by atoms with Crippen molar-refractivity contribution < 1.29 is 8.94 Å². The van der Waals surface area contributed by atoms with Crippen LogP contribution in [0.1, 0.15) is 36.2 Å². The second kappa shape index (κ2) is 5.00. The molecule has 3 aromatic rings. The molecule has 0 radical (unpaired) electrons. The predicted molar refractivity (Wildman–Crippen MR) is 77.6 cm³/mol. The molecule has 108 valence electrons. The van der Waals surface area contributed by atoms with E-state index in [2.05, 4.69) is 15.0 Å². The molecule has 5 heteroatoms. The molecule has 0 bridgehead atoms. The van der Waals surface area contributed by atoms with E-state index in [1.165, 1.54) is 0 Å². The molecule has 0 saturated carbocycles. The molecule has 1 atom stereocenters. The van der Waals surface area contributed by atoms with Crippen molar-refractivity contribution in [3.05, 3.63) is 47.7 Å². The average Bonchev–Trinajstić information content (AvgIpc) is 3.17. The van der Waals surface area contributed by atoms with Gasteiger partial charge in [-0.15, -0.1) is 0 Å². The van der Waals surface area contributed by atoms with Crippen LogP contribution in [0.4, 0.5) is 0 Å². The molecule has 3 heterocycles. The summed E-state index contributed by atoms with van der Waals surface area (Å²) in [6.07, 6.45) is 2.25. The SMILES string of the molecule is Cc1cc([C@@H]2CCCN2Cc2nc3ccccc3o2)on1. The largest absolute Gasteiger partial charge is 0.439 e. The van der Waals surface area contributed by atoms with Crippen LogP contribution in [0.2, 0.25) is 0 Å². The molecule has 21 heavy (non-hydrogen) atoms. The predicted octanol–water partition coefficient (Wildman–Crippen LogP) is 3.46. The Morgan fingerprint density at radius 1 is 1.33 bits per heavy atom. The second-order valence-corrected chi connectivity index (χ2v) is 5.57. The van der Waals surface area contributed by atoms with Crippen LogP contribution in [0, 0.1) is 6.92 Å². The number of oxazole rings is 1. The summed E-state index contributed by atoms with van der Waals surface area (Å²) in [5.74, 6) is 1.71. The number of benzene rings is 1. The van der Waals surface area contributed by atoms with Crippen LogP contribution in [0.3, 0.4) is 0 Å². The van der Waals surface area contributed by atoms with Crippen LogP contribution < -0.4 is 0 Å². The molecule has 0 amide bonds. The summed E-state index contributed by atoms with van der Waals surface area (Å²) in [6, 6.07) is 10.2. The minimum absolute atomic E-state index is 0.279. The number of fused-ring (bicyclic) bond motifs is 1. The smallest absolute Gasteiger partial charge is 0.209 e. The molecule has 0 spiro atoms. The number of aromatic nitrogens is 2. The maximum atomic E-state index is 5.82. The average molecular weight is 283 g/mol. The highest BCUT2D eigenvalue weighted by Gasteiger charge is 2.30. The first-order valence-corrected chi connectivity index (χ1v) is 7.31. The van der Waals surface area contributed by atoms with Gasteiger partial charge in [-0.1, -0.05) is 17.3 Å². The summed E-state index contributed by atoms with van der Waals surface area (Å²) in [5.41, 5.74) is 2.69. The van der Waals surface area contributed by atoms with Gasteiger partial charge < -0.3 is 8.94 Å². The Bertz CT molecular complexity index is 729. The topological polar surface area (TPSA) is 55.3 Å². The Hall–Kier alpha value is -2.14. The van der Waals surface area contributed by atoms with Gasteiger partial charge in [0.1, 0.15) is 5.52 Å². The molecule has 1 fully saturated rings. The molecule has 0 N–H and O–H groups in total. The zero-order valence-corrected chi connectivity index (χ0v) is 12.0. The summed E-state index contributed by atoms with van der Waals surface area (Å²) in [4.78, 5) is 6.91. The number of aryl methyl sites for hydroxylation is 1. The lowest BCUT2D eigenvalue weighted by atomic mass is 10.1. The third-order valence-corrected chi connectivity index (χ3v) is 4.01. The quantitative estimate of drug-likeness (QED) is 0.736. The lowest BCUT2D eigenvalue weighted by Crippen LogP contribution is -2.22. The van der Waals surface area contributed by atoms with Crippen molar-refractivity contribution in [3.8, 4) is 0 Å². The van der Waals surface area contributed by atoms with E-state index in [9.17, 15) is 0 Å². The molecule has 5 nitrogen and oxygen atoms in total. The van der Waals surface area contributed by atoms with Gasteiger partial charge in [-0.05, 0) is 38.4 Å². The molecule has 1 saturated heterocycles. The summed E-state index contributed by atoms with van der Waals surface area (Å²) < 4.78 is 11.3. The van der Waals surface area contributed by atoms with Crippen LogP contribution in [0.5, 0.6) is 0 Å². The second-order valence-electron chi connectivity index (χ2n) is 5.57. The lowest BCUT2D eigenvalue weighted by Gasteiger charge is -2.20. The molecule has 0 unspecified atom stereocenters. The highest BCUT2D eigenvalue weighted by atomic mass is 16.5. The lowest BCUT2D eigenvalue weighted by molar-refractivity contribution is 0.191. The Labute approximate surface area is 122 Å². The van der Waals surface area contributed by atoms with Gasteiger partial charge >= 0.3 is 0 Å². The van der Waals surface area contributed by atoms with E-state index in [4.69, 9.17) is 8.94 Å². The van der Waals surface area contributed by atoms with E-state index in [1.54, 1.807) is 0 Å². The van der Waals surface area contributed by atoms with Crippen LogP contribution in [-0.2, 0) is 6.54 Å². The van der Waals surface area contributed by atoms with E-state index >= 15 is 0 Å². The molecule has 0 aliphatic carbocycles. The molecule has 2 aromatic heterocycles. The van der Waals surface area contributed by atoms with Crippen molar-refractivity contribution in [1.82, 2.24) is 15.0 Å². The maximum Gasteiger partial charge on any atom is 0.209 e. The van der Waals surface area contributed by atoms with Crippen molar-refractivity contribution in [2.75, 3.05) is 6.54 Å². The number of nitrogens with zero attached hydrogens (tertiary/aromatic N) is 3. The van der Waals surface area contributed by atoms with Crippen molar-refractivity contribution in [2.45, 2.75) is 32.4 Å². The standard InChI is InChI=1S/C16H17N3O2/c1-11-9-15(21-18-11)13-6-4-8-19(13)10-16-17-12-5-2-3-7-14(12)20-16/h2-3,5,7,9,13H,4,6,8,10H2,1H3/t13-/m0/s1. The Morgan fingerprint density at radius 3 is 3.05 bits per heavy atom. The molecular formula is C16H17N3O2. The third kappa shape index (κ3) is 2.34. The van der Waals surface area contributed by atoms with Crippen LogP contribution in [0.25, 0.3) is 11.1 Å². The molecular weight excluding hydrogens is 266 g/mol. The first-order valence-electron chi connectivity index (χ1n) is 7.31. The summed E-state index contributed by atoms with van der Waals surface area (Å²) in [7, 11) is 0. The minimum atomic E-state index is 0.279. The highest BCUT2D eigenvalue weighted by Crippen LogP contribution is 2.33. The number of hydrogen-bond acceptors (Lipinski definition) is 5. The van der Waals surface area contributed by atoms with Gasteiger partial charge in [0.25, 0.3) is 0 Å². The van der Waals surface area contributed by atoms with Gasteiger partial charge in [0, 0.05) is 6.07 Å². The van der Waals surface area contributed by atoms with Gasteiger partial charge in [0.15, 0.2) is 11.3 Å². The fourth-order valence-electron chi connectivity index (χ4n) is 3.04. The van der Waals surface area contributed by atoms with Crippen LogP contribution >= 0.6 is 0 Å². The van der Waals surface area contributed by atoms with Crippen molar-refractivity contribution in [3.63, 3.8) is 0 Å². The first-order chi connectivity index (χ1) is 10.3. The van der Waals surface area contributed by atoms with Gasteiger partial charge in [-0.25, -0.2) is 4.98 Å². The number of rotatable bonds is 3. The van der Waals surface area contributed by atoms with Crippen LogP contribution in [-0.4, -0.2) is 21.6 Å². The highest BCUT2D eigenvalue weighted by molar-refractivity contribution is 5.72. The number of hydrogen-bond donors (Lipinski definition) is 0. The zero-order chi connectivity index (χ0) is 14.2. The van der Waals surface area contributed by atoms with E-state index in [1.807, 2.05) is 37.3 Å². The zero-order valence-electron chi connectivity index (χ0n) is 12.0. The summed E-state index contributed by atoms with van der Waals surface area (Å²) in [5, 5.41) is 4.00. The van der Waals surface area contributed by atoms with Crippen molar-refractivity contribution in [1.29, 1.82) is 0 Å². The van der Waals surface area contributed by atoms with E-state index in [0.29, 0.717) is 6.54 Å². The van der Waals surface area contributed by atoms with Gasteiger partial charge in [-0.2, -0.15) is 0 Å². The molecule has 1 aromatic carbocycles. The van der Waals surface area contributed by atoms with Gasteiger partial charge in [-0.3, -0.25) is 4.90 Å². The molecule has 4 rings (SSSR count). The third-order valence-electron chi connectivity index (χ3n) is 4.01. The van der Waals surface area contributed by atoms with Gasteiger partial charge in [0.2, 0.25) is 5.89 Å². The van der Waals surface area contributed by atoms with Crippen molar-refractivity contribution >= 4 is 11.1 Å². The Morgan fingerprint density at radius 2 is 2.24 bits per heavy atom. The number of likely N-dealkylation sites (tertiary alicyclic amines) is 1. The molecule has 1 aliphatic rings. The fraction of sp³-hybridized carbons (Fsp3) is 0.375. The van der Waals surface area contributed by atoms with E-state index in [0.717, 1.165) is 47.8 Å². The maximum absolute atomic E-state index is 5.82. The Kier molecular flexibility index (Phi) is 3.00. The van der Waals surface area contributed by atoms with Gasteiger partial charge in [0.05, 0.1) is 18.3 Å². The summed E-state index contributed by atoms with van der Waals surface area (Å²) >= 11 is 0. The fourth-order valence-corrected chi connectivity index (χ4v) is 3.04.